The monoisotopic (exact) mass is 368 g/mol. The van der Waals surface area contributed by atoms with Crippen LogP contribution in [0, 0.1) is 6.92 Å². The molecule has 0 N–H and O–H groups in total. The van der Waals surface area contributed by atoms with Crippen LogP contribution in [-0.4, -0.2) is 33.0 Å². The second-order valence-electron chi connectivity index (χ2n) is 6.79. The number of rotatable bonds is 6. The van der Waals surface area contributed by atoms with Crippen LogP contribution in [-0.2, 0) is 31.4 Å². The van der Waals surface area contributed by atoms with Crippen LogP contribution in [0.2, 0.25) is 0 Å². The average Bonchev–Trinajstić information content (AvgIpc) is 3.23. The maximum atomic E-state index is 6.08. The van der Waals surface area contributed by atoms with Crippen LogP contribution in [0.15, 0.2) is 42.5 Å². The van der Waals surface area contributed by atoms with Gasteiger partial charge in [0.2, 0.25) is 0 Å². The van der Waals surface area contributed by atoms with Crippen molar-refractivity contribution in [2.24, 2.45) is 7.05 Å². The highest BCUT2D eigenvalue weighted by Crippen LogP contribution is 2.31. The van der Waals surface area contributed by atoms with Gasteiger partial charge in [-0.05, 0) is 24.6 Å². The molecule has 1 aliphatic rings. The molecule has 1 aromatic carbocycles. The van der Waals surface area contributed by atoms with Crippen molar-refractivity contribution in [1.29, 1.82) is 0 Å². The Morgan fingerprint density at radius 2 is 2.04 bits per heavy atom. The molecule has 4 rings (SSSR count). The van der Waals surface area contributed by atoms with Gasteiger partial charge in [-0.3, -0.25) is 9.58 Å². The van der Waals surface area contributed by atoms with E-state index in [0.717, 1.165) is 25.2 Å². The van der Waals surface area contributed by atoms with Crippen LogP contribution in [0.1, 0.15) is 32.7 Å². The fourth-order valence-corrected chi connectivity index (χ4v) is 4.44. The zero-order valence-electron chi connectivity index (χ0n) is 15.3. The Kier molecular flexibility index (Phi) is 5.15. The van der Waals surface area contributed by atoms with E-state index in [0.29, 0.717) is 13.2 Å². The predicted molar refractivity (Wildman–Crippen MR) is 103 cm³/mol. The molecule has 2 aromatic heterocycles. The fourth-order valence-electron chi connectivity index (χ4n) is 3.53. The molecular formula is C20H24N4OS. The molecule has 0 saturated carbocycles. The number of hydrogen-bond acceptors (Lipinski definition) is 5. The van der Waals surface area contributed by atoms with E-state index in [1.165, 1.54) is 21.0 Å². The number of aromatic nitrogens is 3. The number of thiophene rings is 1. The summed E-state index contributed by atoms with van der Waals surface area (Å²) in [6.45, 7) is 5.36. The van der Waals surface area contributed by atoms with Crippen molar-refractivity contribution in [3.8, 4) is 0 Å². The Morgan fingerprint density at radius 3 is 2.81 bits per heavy atom. The molecule has 0 spiro atoms. The van der Waals surface area contributed by atoms with Crippen molar-refractivity contribution in [2.45, 2.75) is 32.5 Å². The number of benzene rings is 1. The molecule has 1 atom stereocenters. The van der Waals surface area contributed by atoms with Crippen LogP contribution in [0.3, 0.4) is 0 Å². The standard InChI is InChI=1S/C20H24N4OS/c1-15-8-9-17(26-15)12-24-11-10-18-20(21-22-23(18)2)19(24)14-25-13-16-6-4-3-5-7-16/h3-9,19H,10-14H2,1-2H3. The van der Waals surface area contributed by atoms with E-state index in [1.807, 2.05) is 41.3 Å². The minimum atomic E-state index is 0.151. The molecule has 3 aromatic rings. The second-order valence-corrected chi connectivity index (χ2v) is 8.17. The van der Waals surface area contributed by atoms with Crippen LogP contribution in [0.4, 0.5) is 0 Å². The summed E-state index contributed by atoms with van der Waals surface area (Å²) in [5.41, 5.74) is 3.50. The van der Waals surface area contributed by atoms with Crippen molar-refractivity contribution in [3.05, 3.63) is 69.2 Å². The first-order valence-corrected chi connectivity index (χ1v) is 9.82. The van der Waals surface area contributed by atoms with E-state index in [-0.39, 0.29) is 6.04 Å². The van der Waals surface area contributed by atoms with E-state index in [4.69, 9.17) is 4.74 Å². The number of aryl methyl sites for hydroxylation is 2. The largest absolute Gasteiger partial charge is 0.375 e. The van der Waals surface area contributed by atoms with Gasteiger partial charge in [0.1, 0.15) is 5.69 Å². The average molecular weight is 369 g/mol. The molecule has 0 fully saturated rings. The van der Waals surface area contributed by atoms with Gasteiger partial charge in [0.25, 0.3) is 0 Å². The molecule has 1 aliphatic heterocycles. The van der Waals surface area contributed by atoms with E-state index in [1.54, 1.807) is 0 Å². The lowest BCUT2D eigenvalue weighted by Gasteiger charge is -2.34. The van der Waals surface area contributed by atoms with Crippen LogP contribution in [0.25, 0.3) is 0 Å². The predicted octanol–water partition coefficient (Wildman–Crippen LogP) is 3.50. The first kappa shape index (κ1) is 17.4. The molecule has 0 radical (unpaired) electrons. The lowest BCUT2D eigenvalue weighted by atomic mass is 10.0. The maximum Gasteiger partial charge on any atom is 0.105 e. The summed E-state index contributed by atoms with van der Waals surface area (Å²) >= 11 is 1.87. The summed E-state index contributed by atoms with van der Waals surface area (Å²) in [4.78, 5) is 5.23. The second kappa shape index (κ2) is 7.70. The van der Waals surface area contributed by atoms with Crippen LogP contribution < -0.4 is 0 Å². The summed E-state index contributed by atoms with van der Waals surface area (Å²) in [5.74, 6) is 0. The molecule has 3 heterocycles. The highest BCUT2D eigenvalue weighted by atomic mass is 32.1. The SMILES string of the molecule is Cc1ccc(CN2CCc3c(nnn3C)C2COCc2ccccc2)s1. The van der Waals surface area contributed by atoms with Gasteiger partial charge >= 0.3 is 0 Å². The third-order valence-corrected chi connectivity index (χ3v) is 5.89. The number of nitrogens with zero attached hydrogens (tertiary/aromatic N) is 4. The normalized spacial score (nSPS) is 17.4. The Balaban J connectivity index is 1.49. The summed E-state index contributed by atoms with van der Waals surface area (Å²) in [7, 11) is 1.98. The zero-order valence-corrected chi connectivity index (χ0v) is 16.1. The van der Waals surface area contributed by atoms with E-state index in [2.05, 4.69) is 46.4 Å². The lowest BCUT2D eigenvalue weighted by Crippen LogP contribution is -2.37. The van der Waals surface area contributed by atoms with Gasteiger partial charge in [0.05, 0.1) is 24.9 Å². The van der Waals surface area contributed by atoms with E-state index < -0.39 is 0 Å². The first-order chi connectivity index (χ1) is 12.7. The number of ether oxygens (including phenoxy) is 1. The van der Waals surface area contributed by atoms with Crippen molar-refractivity contribution in [1.82, 2.24) is 19.9 Å². The number of hydrogen-bond donors (Lipinski definition) is 0. The Hall–Kier alpha value is -2.02. The smallest absolute Gasteiger partial charge is 0.105 e. The molecule has 136 valence electrons. The molecule has 1 unspecified atom stereocenters. The van der Waals surface area contributed by atoms with Gasteiger partial charge < -0.3 is 4.74 Å². The molecule has 0 amide bonds. The molecule has 26 heavy (non-hydrogen) atoms. The van der Waals surface area contributed by atoms with Gasteiger partial charge in [-0.25, -0.2) is 0 Å². The zero-order chi connectivity index (χ0) is 17.9. The highest BCUT2D eigenvalue weighted by Gasteiger charge is 2.32. The third-order valence-electron chi connectivity index (χ3n) is 4.91. The Morgan fingerprint density at radius 1 is 1.19 bits per heavy atom. The van der Waals surface area contributed by atoms with Crippen molar-refractivity contribution >= 4 is 11.3 Å². The van der Waals surface area contributed by atoms with Gasteiger partial charge in [-0.15, -0.1) is 16.4 Å². The maximum absolute atomic E-state index is 6.08. The summed E-state index contributed by atoms with van der Waals surface area (Å²) in [5, 5.41) is 8.70. The Bertz CT molecular complexity index is 858. The summed E-state index contributed by atoms with van der Waals surface area (Å²) < 4.78 is 7.99. The molecule has 0 bridgehead atoms. The minimum absolute atomic E-state index is 0.151. The van der Waals surface area contributed by atoms with Gasteiger partial charge in [0, 0.05) is 36.3 Å². The number of fused-ring (bicyclic) bond motifs is 1. The van der Waals surface area contributed by atoms with Gasteiger partial charge in [-0.1, -0.05) is 35.5 Å². The molecular weight excluding hydrogens is 344 g/mol. The van der Waals surface area contributed by atoms with Crippen molar-refractivity contribution < 1.29 is 4.74 Å². The topological polar surface area (TPSA) is 43.2 Å². The van der Waals surface area contributed by atoms with Crippen molar-refractivity contribution in [2.75, 3.05) is 13.2 Å². The summed E-state index contributed by atoms with van der Waals surface area (Å²) in [6, 6.07) is 14.9. The first-order valence-electron chi connectivity index (χ1n) is 9.00. The minimum Gasteiger partial charge on any atom is -0.375 e. The molecule has 0 saturated heterocycles. The van der Waals surface area contributed by atoms with Gasteiger partial charge in [-0.2, -0.15) is 0 Å². The quantitative estimate of drug-likeness (QED) is 0.668. The fraction of sp³-hybridized carbons (Fsp3) is 0.400. The molecule has 5 nitrogen and oxygen atoms in total. The lowest BCUT2D eigenvalue weighted by molar-refractivity contribution is 0.0393. The van der Waals surface area contributed by atoms with Gasteiger partial charge in [0.15, 0.2) is 0 Å². The Labute approximate surface area is 158 Å². The third kappa shape index (κ3) is 3.72. The van der Waals surface area contributed by atoms with Crippen molar-refractivity contribution in [3.63, 3.8) is 0 Å². The van der Waals surface area contributed by atoms with Crippen LogP contribution in [0.5, 0.6) is 0 Å². The van der Waals surface area contributed by atoms with E-state index >= 15 is 0 Å². The highest BCUT2D eigenvalue weighted by molar-refractivity contribution is 7.11. The van der Waals surface area contributed by atoms with Crippen LogP contribution >= 0.6 is 11.3 Å². The molecule has 0 aliphatic carbocycles. The summed E-state index contributed by atoms with van der Waals surface area (Å²) in [6.07, 6.45) is 0.984. The molecule has 6 heteroatoms. The van der Waals surface area contributed by atoms with E-state index in [9.17, 15) is 0 Å².